The molecule has 2 aromatic rings. The molecule has 148 valence electrons. The van der Waals surface area contributed by atoms with Crippen LogP contribution in [0, 0.1) is 0 Å². The lowest BCUT2D eigenvalue weighted by Crippen LogP contribution is -2.48. The smallest absolute Gasteiger partial charge is 0.191 e. The third kappa shape index (κ3) is 7.60. The number of hydrogen-bond donors (Lipinski definition) is 2. The number of nitrogens with zero attached hydrogens (tertiary/aromatic N) is 2. The predicted molar refractivity (Wildman–Crippen MR) is 128 cm³/mol. The predicted octanol–water partition coefficient (Wildman–Crippen LogP) is 4.39. The molecule has 4 nitrogen and oxygen atoms in total. The molecular weight excluding hydrogens is 491 g/mol. The molecule has 2 N–H and O–H groups in total. The minimum absolute atomic E-state index is 0. The van der Waals surface area contributed by atoms with Crippen LogP contribution >= 0.6 is 46.9 Å². The van der Waals surface area contributed by atoms with Gasteiger partial charge in [0.2, 0.25) is 0 Å². The van der Waals surface area contributed by atoms with Gasteiger partial charge in [-0.2, -0.15) is 0 Å². The van der Waals surface area contributed by atoms with Crippen molar-refractivity contribution in [1.82, 2.24) is 15.5 Å². The zero-order valence-electron chi connectivity index (χ0n) is 15.7. The summed E-state index contributed by atoms with van der Waals surface area (Å²) in [5.74, 6) is 0.897. The van der Waals surface area contributed by atoms with Gasteiger partial charge in [0.15, 0.2) is 5.96 Å². The monoisotopic (exact) mass is 518 g/mol. The molecule has 0 amide bonds. The van der Waals surface area contributed by atoms with E-state index < -0.39 is 0 Å². The summed E-state index contributed by atoms with van der Waals surface area (Å²) >= 11 is 7.62. The van der Waals surface area contributed by atoms with Gasteiger partial charge in [-0.05, 0) is 37.0 Å². The molecule has 27 heavy (non-hydrogen) atoms. The first kappa shape index (κ1) is 22.5. The molecule has 2 heterocycles. The molecule has 1 saturated heterocycles. The highest BCUT2D eigenvalue weighted by Crippen LogP contribution is 2.21. The van der Waals surface area contributed by atoms with Crippen LogP contribution in [0.25, 0.3) is 0 Å². The molecule has 0 radical (unpaired) electrons. The first-order valence-corrected chi connectivity index (χ1v) is 10.4. The van der Waals surface area contributed by atoms with Crippen molar-refractivity contribution in [3.8, 4) is 0 Å². The van der Waals surface area contributed by atoms with Crippen molar-refractivity contribution in [2.75, 3.05) is 26.7 Å². The fourth-order valence-electron chi connectivity index (χ4n) is 3.26. The Hall–Kier alpha value is -0.830. The first-order valence-electron chi connectivity index (χ1n) is 9.20. The van der Waals surface area contributed by atoms with Crippen LogP contribution in [0.2, 0.25) is 4.34 Å². The van der Waals surface area contributed by atoms with Crippen molar-refractivity contribution in [3.05, 3.63) is 57.2 Å². The van der Waals surface area contributed by atoms with Crippen LogP contribution in [0.1, 0.15) is 23.3 Å². The van der Waals surface area contributed by atoms with Crippen LogP contribution in [-0.4, -0.2) is 43.6 Å². The number of rotatable bonds is 6. The number of halogens is 2. The minimum atomic E-state index is 0. The summed E-state index contributed by atoms with van der Waals surface area (Å²) in [5.41, 5.74) is 1.39. The molecule has 0 spiro atoms. The number of guanidine groups is 1. The quantitative estimate of drug-likeness (QED) is 0.338. The molecule has 1 aromatic heterocycles. The molecule has 1 fully saturated rings. The summed E-state index contributed by atoms with van der Waals surface area (Å²) in [4.78, 5) is 8.19. The summed E-state index contributed by atoms with van der Waals surface area (Å²) in [5, 5.41) is 6.99. The lowest BCUT2D eigenvalue weighted by Gasteiger charge is -2.33. The topological polar surface area (TPSA) is 39.7 Å². The molecule has 0 saturated carbocycles. The average Bonchev–Trinajstić information content (AvgIpc) is 3.08. The third-order valence-corrected chi connectivity index (χ3v) is 5.98. The van der Waals surface area contributed by atoms with Gasteiger partial charge in [0.1, 0.15) is 0 Å². The van der Waals surface area contributed by atoms with Gasteiger partial charge in [-0.15, -0.1) is 35.3 Å². The zero-order chi connectivity index (χ0) is 18.2. The van der Waals surface area contributed by atoms with E-state index in [1.165, 1.54) is 10.4 Å². The normalized spacial score (nSPS) is 16.0. The highest BCUT2D eigenvalue weighted by Gasteiger charge is 2.19. The second kappa shape index (κ2) is 11.9. The summed E-state index contributed by atoms with van der Waals surface area (Å²) < 4.78 is 0.852. The maximum absolute atomic E-state index is 5.98. The minimum Gasteiger partial charge on any atom is -0.356 e. The number of likely N-dealkylation sites (tertiary alicyclic amines) is 1. The molecule has 7 heteroatoms. The zero-order valence-corrected chi connectivity index (χ0v) is 19.6. The number of benzene rings is 1. The van der Waals surface area contributed by atoms with Gasteiger partial charge in [-0.25, -0.2) is 0 Å². The number of aliphatic imine (C=N–C) groups is 1. The Labute approximate surface area is 188 Å². The highest BCUT2D eigenvalue weighted by atomic mass is 127. The second-order valence-corrected chi connectivity index (χ2v) is 8.43. The van der Waals surface area contributed by atoms with E-state index in [0.29, 0.717) is 6.04 Å². The molecule has 3 rings (SSSR count). The highest BCUT2D eigenvalue weighted by molar-refractivity contribution is 14.0. The Kier molecular flexibility index (Phi) is 9.89. The van der Waals surface area contributed by atoms with Crippen LogP contribution in [0.15, 0.2) is 47.5 Å². The molecule has 1 aliphatic rings. The van der Waals surface area contributed by atoms with Crippen molar-refractivity contribution in [1.29, 1.82) is 0 Å². The largest absolute Gasteiger partial charge is 0.356 e. The Bertz CT molecular complexity index is 699. The lowest BCUT2D eigenvalue weighted by molar-refractivity contribution is 0.198. The van der Waals surface area contributed by atoms with Crippen LogP contribution in [0.4, 0.5) is 0 Å². The molecule has 1 aliphatic heterocycles. The van der Waals surface area contributed by atoms with E-state index in [2.05, 4.69) is 56.9 Å². The van der Waals surface area contributed by atoms with Gasteiger partial charge >= 0.3 is 0 Å². The molecular formula is C20H28ClIN4S. The van der Waals surface area contributed by atoms with Crippen LogP contribution < -0.4 is 10.6 Å². The Morgan fingerprint density at radius 2 is 1.93 bits per heavy atom. The van der Waals surface area contributed by atoms with Gasteiger partial charge in [-0.1, -0.05) is 41.9 Å². The second-order valence-electron chi connectivity index (χ2n) is 6.64. The van der Waals surface area contributed by atoms with Crippen molar-refractivity contribution in [2.24, 2.45) is 4.99 Å². The molecule has 0 atom stereocenters. The van der Waals surface area contributed by atoms with Gasteiger partial charge in [0, 0.05) is 44.1 Å². The number of nitrogens with one attached hydrogen (secondary N) is 2. The number of thiophene rings is 1. The third-order valence-electron chi connectivity index (χ3n) is 4.69. The molecule has 0 bridgehead atoms. The fourth-order valence-corrected chi connectivity index (χ4v) is 4.34. The molecule has 0 aliphatic carbocycles. The summed E-state index contributed by atoms with van der Waals surface area (Å²) in [6.45, 7) is 4.15. The van der Waals surface area contributed by atoms with Gasteiger partial charge in [0.25, 0.3) is 0 Å². The van der Waals surface area contributed by atoms with Crippen molar-refractivity contribution >= 4 is 52.9 Å². The Balaban J connectivity index is 0.00000261. The number of hydrogen-bond acceptors (Lipinski definition) is 3. The van der Waals surface area contributed by atoms with E-state index in [4.69, 9.17) is 11.6 Å². The Morgan fingerprint density at radius 3 is 2.56 bits per heavy atom. The number of piperidine rings is 1. The molecule has 0 unspecified atom stereocenters. The lowest BCUT2D eigenvalue weighted by atomic mass is 10.0. The van der Waals surface area contributed by atoms with Crippen LogP contribution in [-0.2, 0) is 13.0 Å². The van der Waals surface area contributed by atoms with Crippen LogP contribution in [0.3, 0.4) is 0 Å². The van der Waals surface area contributed by atoms with E-state index >= 15 is 0 Å². The average molecular weight is 519 g/mol. The first-order chi connectivity index (χ1) is 12.7. The van der Waals surface area contributed by atoms with Gasteiger partial charge < -0.3 is 10.6 Å². The maximum atomic E-state index is 5.98. The van der Waals surface area contributed by atoms with Crippen LogP contribution in [0.5, 0.6) is 0 Å². The summed E-state index contributed by atoms with van der Waals surface area (Å²) in [7, 11) is 1.84. The van der Waals surface area contributed by atoms with Crippen molar-refractivity contribution in [2.45, 2.75) is 31.8 Å². The van der Waals surface area contributed by atoms with Crippen molar-refractivity contribution in [3.63, 3.8) is 0 Å². The SMILES string of the molecule is CN=C(NCCc1ccc(Cl)s1)NC1CCN(Cc2ccccc2)CC1.I. The summed E-state index contributed by atoms with van der Waals surface area (Å²) in [6, 6.07) is 15.3. The summed E-state index contributed by atoms with van der Waals surface area (Å²) in [6.07, 6.45) is 3.26. The van der Waals surface area contributed by atoms with Gasteiger partial charge in [0.05, 0.1) is 4.34 Å². The Morgan fingerprint density at radius 1 is 1.19 bits per heavy atom. The van der Waals surface area contributed by atoms with Crippen molar-refractivity contribution < 1.29 is 0 Å². The molecule has 1 aromatic carbocycles. The standard InChI is InChI=1S/C20H27ClN4S.HI/c1-22-20(23-12-9-18-7-8-19(21)26-18)24-17-10-13-25(14-11-17)15-16-5-3-2-4-6-16;/h2-8,17H,9-15H2,1H3,(H2,22,23,24);1H. The van der Waals surface area contributed by atoms with E-state index in [-0.39, 0.29) is 24.0 Å². The van der Waals surface area contributed by atoms with E-state index in [9.17, 15) is 0 Å². The van der Waals surface area contributed by atoms with E-state index in [0.717, 1.165) is 55.7 Å². The fraction of sp³-hybridized carbons (Fsp3) is 0.450. The van der Waals surface area contributed by atoms with E-state index in [1.807, 2.05) is 13.1 Å². The van der Waals surface area contributed by atoms with E-state index in [1.54, 1.807) is 11.3 Å². The van der Waals surface area contributed by atoms with Gasteiger partial charge in [-0.3, -0.25) is 9.89 Å². The maximum Gasteiger partial charge on any atom is 0.191 e.